The quantitative estimate of drug-likeness (QED) is 0.337. The molecule has 230 valence electrons. The first-order valence-electron chi connectivity index (χ1n) is 14.1. The number of H-pyrrole nitrogens is 1. The van der Waals surface area contributed by atoms with E-state index in [2.05, 4.69) is 28.5 Å². The molecule has 2 aliphatic carbocycles. The monoisotopic (exact) mass is 602 g/mol. The van der Waals surface area contributed by atoms with Crippen molar-refractivity contribution in [2.45, 2.75) is 88.7 Å². The zero-order chi connectivity index (χ0) is 31.3. The summed E-state index contributed by atoms with van der Waals surface area (Å²) < 4.78 is 30.4. The number of rotatable bonds is 6. The highest BCUT2D eigenvalue weighted by Crippen LogP contribution is 2.46. The van der Waals surface area contributed by atoms with Crippen LogP contribution < -0.4 is 15.6 Å². The number of aromatic nitrogens is 1. The third-order valence-electron chi connectivity index (χ3n) is 7.71. The van der Waals surface area contributed by atoms with E-state index in [1.807, 2.05) is 56.0 Å². The number of ether oxygens (including phenoxy) is 1. The highest BCUT2D eigenvalue weighted by atomic mass is 32.2. The Morgan fingerprint density at radius 1 is 1.19 bits per heavy atom. The third-order valence-corrected chi connectivity index (χ3v) is 9.87. The second-order valence-electron chi connectivity index (χ2n) is 12.2. The van der Waals surface area contributed by atoms with Gasteiger partial charge in [-0.15, -0.1) is 6.58 Å². The molecule has 3 aliphatic rings. The van der Waals surface area contributed by atoms with Gasteiger partial charge in [0.15, 0.2) is 0 Å². The van der Waals surface area contributed by atoms with Gasteiger partial charge < -0.3 is 19.9 Å². The van der Waals surface area contributed by atoms with E-state index in [1.54, 1.807) is 19.2 Å². The Labute approximate surface area is 247 Å². The number of aromatic amines is 1. The molecule has 0 radical (unpaired) electrons. The van der Waals surface area contributed by atoms with E-state index in [-0.39, 0.29) is 23.2 Å². The molecule has 0 spiro atoms. The van der Waals surface area contributed by atoms with Gasteiger partial charge in [-0.05, 0) is 84.2 Å². The standard InChI is InChI=1S/C11H16N2O4S.C10H19NO2.C9H7NO/c1-3-8-6-11(8,12-7-14)9(15)13-18(16,17)10(2)4-5-10;1-8-6-5-7-11(8)9(12)13-10(2,3)4;11-9-8-4-2-1-3-7(8)5-6-10-9/h3,7-8H,1,4-6H2,2H3,(H,12,14)(H,13,15);8H,5-7H2,1-4H3;1-6H,(H,10,11). The summed E-state index contributed by atoms with van der Waals surface area (Å²) in [6.07, 6.45) is 7.12. The van der Waals surface area contributed by atoms with Gasteiger partial charge in [0.05, 0.1) is 4.75 Å². The number of carbonyl (C=O) groups is 3. The second kappa shape index (κ2) is 12.7. The van der Waals surface area contributed by atoms with Crippen LogP contribution in [0.1, 0.15) is 66.7 Å². The zero-order valence-corrected chi connectivity index (χ0v) is 25.8. The number of hydrogen-bond donors (Lipinski definition) is 3. The lowest BCUT2D eigenvalue weighted by molar-refractivity contribution is -0.125. The van der Waals surface area contributed by atoms with Crippen LogP contribution in [0.25, 0.3) is 10.8 Å². The first-order chi connectivity index (χ1) is 19.6. The molecule has 2 aromatic rings. The molecule has 3 amide bonds. The third kappa shape index (κ3) is 7.78. The van der Waals surface area contributed by atoms with Crippen molar-refractivity contribution >= 4 is 39.2 Å². The number of likely N-dealkylation sites (tertiary alicyclic amines) is 1. The van der Waals surface area contributed by atoms with Crippen molar-refractivity contribution in [1.82, 2.24) is 19.9 Å². The Kier molecular flexibility index (Phi) is 9.92. The average molecular weight is 603 g/mol. The maximum absolute atomic E-state index is 12.0. The minimum Gasteiger partial charge on any atom is -0.444 e. The molecule has 3 unspecified atom stereocenters. The van der Waals surface area contributed by atoms with Crippen LogP contribution >= 0.6 is 0 Å². The molecule has 0 bridgehead atoms. The molecule has 12 heteroatoms. The van der Waals surface area contributed by atoms with Crippen LogP contribution in [-0.2, 0) is 24.3 Å². The van der Waals surface area contributed by atoms with Crippen molar-refractivity contribution in [3.8, 4) is 0 Å². The van der Waals surface area contributed by atoms with E-state index in [0.29, 0.717) is 31.7 Å². The van der Waals surface area contributed by atoms with E-state index in [0.717, 1.165) is 30.2 Å². The van der Waals surface area contributed by atoms with Crippen LogP contribution in [0.5, 0.6) is 0 Å². The number of benzene rings is 1. The van der Waals surface area contributed by atoms with Gasteiger partial charge >= 0.3 is 6.09 Å². The van der Waals surface area contributed by atoms with Crippen molar-refractivity contribution in [3.63, 3.8) is 0 Å². The first-order valence-corrected chi connectivity index (χ1v) is 15.5. The molecule has 3 atom stereocenters. The van der Waals surface area contributed by atoms with E-state index in [4.69, 9.17) is 4.74 Å². The molecule has 11 nitrogen and oxygen atoms in total. The van der Waals surface area contributed by atoms with Gasteiger partial charge in [-0.2, -0.15) is 0 Å². The first kappa shape index (κ1) is 32.8. The summed E-state index contributed by atoms with van der Waals surface area (Å²) >= 11 is 0. The van der Waals surface area contributed by atoms with E-state index < -0.39 is 26.2 Å². The number of carbonyl (C=O) groups excluding carboxylic acids is 3. The number of sulfonamides is 1. The lowest BCUT2D eigenvalue weighted by Crippen LogP contribution is -2.51. The lowest BCUT2D eigenvalue weighted by Gasteiger charge is -2.26. The summed E-state index contributed by atoms with van der Waals surface area (Å²) in [7, 11) is -3.67. The van der Waals surface area contributed by atoms with Gasteiger partial charge in [-0.25, -0.2) is 13.2 Å². The Hall–Kier alpha value is -3.67. The molecule has 2 heterocycles. The van der Waals surface area contributed by atoms with Gasteiger partial charge in [-0.3, -0.25) is 19.1 Å². The summed E-state index contributed by atoms with van der Waals surface area (Å²) in [5, 5.41) is 4.13. The fourth-order valence-corrected chi connectivity index (χ4v) is 5.92. The number of pyridine rings is 1. The molecule has 1 aliphatic heterocycles. The molecular formula is C30H42N4O7S. The van der Waals surface area contributed by atoms with Crippen molar-refractivity contribution in [2.75, 3.05) is 6.54 Å². The molecular weight excluding hydrogens is 560 g/mol. The molecule has 1 saturated heterocycles. The van der Waals surface area contributed by atoms with Crippen LogP contribution in [0.2, 0.25) is 0 Å². The van der Waals surface area contributed by atoms with Crippen LogP contribution in [0.15, 0.2) is 54.0 Å². The van der Waals surface area contributed by atoms with Crippen LogP contribution in [0.3, 0.4) is 0 Å². The number of fused-ring (bicyclic) bond motifs is 1. The minimum atomic E-state index is -3.67. The molecule has 2 saturated carbocycles. The summed E-state index contributed by atoms with van der Waals surface area (Å²) in [5.74, 6) is -0.891. The molecule has 1 aromatic heterocycles. The number of nitrogens with zero attached hydrogens (tertiary/aromatic N) is 1. The van der Waals surface area contributed by atoms with Crippen LogP contribution in [0, 0.1) is 5.92 Å². The predicted octanol–water partition coefficient (Wildman–Crippen LogP) is 3.61. The molecule has 42 heavy (non-hydrogen) atoms. The highest BCUT2D eigenvalue weighted by Gasteiger charge is 2.61. The van der Waals surface area contributed by atoms with Crippen molar-refractivity contribution in [1.29, 1.82) is 0 Å². The number of nitrogens with one attached hydrogen (secondary N) is 3. The predicted molar refractivity (Wildman–Crippen MR) is 161 cm³/mol. The van der Waals surface area contributed by atoms with Gasteiger partial charge in [0.2, 0.25) is 16.4 Å². The average Bonchev–Trinajstić information content (AvgIpc) is 3.80. The fraction of sp³-hybridized carbons (Fsp3) is 0.533. The molecule has 3 N–H and O–H groups in total. The topological polar surface area (TPSA) is 155 Å². The van der Waals surface area contributed by atoms with Gasteiger partial charge in [0, 0.05) is 30.1 Å². The lowest BCUT2D eigenvalue weighted by atomic mass is 10.2. The largest absolute Gasteiger partial charge is 0.444 e. The summed E-state index contributed by atoms with van der Waals surface area (Å²) in [4.78, 5) is 49.7. The van der Waals surface area contributed by atoms with Crippen molar-refractivity contribution in [2.24, 2.45) is 5.92 Å². The van der Waals surface area contributed by atoms with E-state index in [9.17, 15) is 27.6 Å². The number of hydrogen-bond acceptors (Lipinski definition) is 7. The van der Waals surface area contributed by atoms with Crippen molar-refractivity contribution < 1.29 is 27.5 Å². The van der Waals surface area contributed by atoms with Crippen molar-refractivity contribution in [3.05, 3.63) is 59.5 Å². The smallest absolute Gasteiger partial charge is 0.410 e. The Morgan fingerprint density at radius 2 is 1.86 bits per heavy atom. The molecule has 1 aromatic carbocycles. The second-order valence-corrected chi connectivity index (χ2v) is 14.4. The maximum atomic E-state index is 12.0. The highest BCUT2D eigenvalue weighted by molar-refractivity contribution is 7.91. The Bertz CT molecular complexity index is 1470. The minimum absolute atomic E-state index is 0.0249. The van der Waals surface area contributed by atoms with E-state index >= 15 is 0 Å². The zero-order valence-electron chi connectivity index (χ0n) is 24.9. The summed E-state index contributed by atoms with van der Waals surface area (Å²) in [6.45, 7) is 13.7. The van der Waals surface area contributed by atoms with E-state index in [1.165, 1.54) is 0 Å². The molecule has 5 rings (SSSR count). The van der Waals surface area contributed by atoms with Crippen LogP contribution in [-0.4, -0.2) is 65.2 Å². The fourth-order valence-electron chi connectivity index (χ4n) is 4.61. The Balaban J connectivity index is 0.000000179. The maximum Gasteiger partial charge on any atom is 0.410 e. The number of amides is 3. The van der Waals surface area contributed by atoms with Gasteiger partial charge in [-0.1, -0.05) is 24.3 Å². The summed E-state index contributed by atoms with van der Waals surface area (Å²) in [6, 6.07) is 9.74. The van der Waals surface area contributed by atoms with Gasteiger partial charge in [0.1, 0.15) is 11.1 Å². The normalized spacial score (nSPS) is 23.7. The molecule has 3 fully saturated rings. The Morgan fingerprint density at radius 3 is 2.36 bits per heavy atom. The van der Waals surface area contributed by atoms with Crippen LogP contribution in [0.4, 0.5) is 4.79 Å². The SMILES string of the molecule is C=CC1CC1(NC=O)C(=O)NS(=O)(=O)C1(C)CC1.CC1CCCN1C(=O)OC(C)(C)C.O=c1[nH]ccc2ccccc12. The summed E-state index contributed by atoms with van der Waals surface area (Å²) in [5.41, 5.74) is -1.54. The van der Waals surface area contributed by atoms with Gasteiger partial charge in [0.25, 0.3) is 11.5 Å².